The molecule has 0 bridgehead atoms. The number of likely N-dealkylation sites (N-methyl/N-ethyl adjacent to an activating group) is 1. The van der Waals surface area contributed by atoms with Gasteiger partial charge in [-0.05, 0) is 27.7 Å². The van der Waals surface area contributed by atoms with Gasteiger partial charge in [-0.2, -0.15) is 0 Å². The molecule has 90 valence electrons. The number of amides is 1. The molecule has 0 fully saturated rings. The van der Waals surface area contributed by atoms with Gasteiger partial charge in [-0.3, -0.25) is 10.1 Å². The molecule has 15 heavy (non-hydrogen) atoms. The van der Waals surface area contributed by atoms with Crippen molar-refractivity contribution in [2.45, 2.75) is 45.4 Å². The molecule has 0 radical (unpaired) electrons. The summed E-state index contributed by atoms with van der Waals surface area (Å²) in [7, 11) is 5.19. The van der Waals surface area contributed by atoms with E-state index in [1.54, 1.807) is 26.1 Å². The molecule has 2 atom stereocenters. The molecule has 0 aromatic carbocycles. The molecule has 1 amide bonds. The van der Waals surface area contributed by atoms with Crippen molar-refractivity contribution in [2.24, 2.45) is 0 Å². The quantitative estimate of drug-likeness (QED) is 0.741. The van der Waals surface area contributed by atoms with Gasteiger partial charge in [0.15, 0.2) is 0 Å². The van der Waals surface area contributed by atoms with Crippen LogP contribution in [0.4, 0.5) is 0 Å². The Morgan fingerprint density at radius 3 is 2.13 bits per heavy atom. The Balaban J connectivity index is 4.43. The van der Waals surface area contributed by atoms with Crippen molar-refractivity contribution in [3.63, 3.8) is 0 Å². The van der Waals surface area contributed by atoms with Crippen LogP contribution in [0.3, 0.4) is 0 Å². The van der Waals surface area contributed by atoms with E-state index in [0.717, 1.165) is 0 Å². The number of carbonyl (C=O) groups excluding carboxylic acids is 1. The summed E-state index contributed by atoms with van der Waals surface area (Å²) in [5, 5.41) is 3.27. The third kappa shape index (κ3) is 4.18. The van der Waals surface area contributed by atoms with Crippen LogP contribution in [-0.2, 0) is 9.53 Å². The molecule has 1 N–H and O–H groups in total. The van der Waals surface area contributed by atoms with Crippen molar-refractivity contribution in [1.29, 1.82) is 0 Å². The zero-order chi connectivity index (χ0) is 12.2. The highest BCUT2D eigenvalue weighted by Gasteiger charge is 2.31. The highest BCUT2D eigenvalue weighted by molar-refractivity contribution is 5.85. The second-order valence-corrected chi connectivity index (χ2v) is 4.70. The summed E-state index contributed by atoms with van der Waals surface area (Å²) in [6, 6.07) is 0.133. The molecule has 4 nitrogen and oxygen atoms in total. The Bertz CT molecular complexity index is 215. The third-order valence-corrected chi connectivity index (χ3v) is 2.61. The fourth-order valence-electron chi connectivity index (χ4n) is 1.51. The van der Waals surface area contributed by atoms with Crippen LogP contribution in [-0.4, -0.2) is 49.7 Å². The SMILES string of the molecule is COC(C)C(C)NC(C)(C)C(=O)N(C)C. The number of nitrogens with zero attached hydrogens (tertiary/aromatic N) is 1. The molecule has 0 saturated heterocycles. The lowest BCUT2D eigenvalue weighted by Gasteiger charge is -2.33. The van der Waals surface area contributed by atoms with Crippen LogP contribution in [0.5, 0.6) is 0 Å². The van der Waals surface area contributed by atoms with E-state index in [9.17, 15) is 4.79 Å². The zero-order valence-electron chi connectivity index (χ0n) is 10.9. The molecule has 0 saturated carbocycles. The summed E-state index contributed by atoms with van der Waals surface area (Å²) < 4.78 is 5.21. The molecule has 0 aliphatic rings. The Kier molecular flexibility index (Phi) is 5.24. The molecule has 2 unspecified atom stereocenters. The van der Waals surface area contributed by atoms with Crippen molar-refractivity contribution < 1.29 is 9.53 Å². The first-order valence-electron chi connectivity index (χ1n) is 5.24. The highest BCUT2D eigenvalue weighted by atomic mass is 16.5. The lowest BCUT2D eigenvalue weighted by atomic mass is 10.0. The van der Waals surface area contributed by atoms with E-state index in [2.05, 4.69) is 5.32 Å². The minimum atomic E-state index is -0.560. The lowest BCUT2D eigenvalue weighted by Crippen LogP contribution is -2.57. The molecule has 0 rings (SSSR count). The topological polar surface area (TPSA) is 41.6 Å². The lowest BCUT2D eigenvalue weighted by molar-refractivity contribution is -0.135. The van der Waals surface area contributed by atoms with Gasteiger partial charge in [-0.1, -0.05) is 0 Å². The van der Waals surface area contributed by atoms with Gasteiger partial charge >= 0.3 is 0 Å². The number of methoxy groups -OCH3 is 1. The van der Waals surface area contributed by atoms with Gasteiger partial charge in [0.25, 0.3) is 0 Å². The van der Waals surface area contributed by atoms with Gasteiger partial charge in [0.2, 0.25) is 5.91 Å². The minimum absolute atomic E-state index is 0.0673. The van der Waals surface area contributed by atoms with Crippen LogP contribution < -0.4 is 5.32 Å². The first-order chi connectivity index (χ1) is 6.72. The molecule has 0 aromatic rings. The summed E-state index contributed by atoms with van der Waals surface area (Å²) in [6.07, 6.45) is 0.0826. The fraction of sp³-hybridized carbons (Fsp3) is 0.909. The van der Waals surface area contributed by atoms with Crippen molar-refractivity contribution in [2.75, 3.05) is 21.2 Å². The van der Waals surface area contributed by atoms with Gasteiger partial charge in [0, 0.05) is 27.2 Å². The highest BCUT2D eigenvalue weighted by Crippen LogP contribution is 2.09. The Morgan fingerprint density at radius 1 is 1.33 bits per heavy atom. The van der Waals surface area contributed by atoms with E-state index in [-0.39, 0.29) is 18.1 Å². The van der Waals surface area contributed by atoms with Gasteiger partial charge in [-0.25, -0.2) is 0 Å². The standard InChI is InChI=1S/C11H24N2O2/c1-8(9(2)15-7)12-11(3,4)10(14)13(5)6/h8-9,12H,1-7H3. The molecule has 0 aliphatic heterocycles. The molecular formula is C11H24N2O2. The molecular weight excluding hydrogens is 192 g/mol. The maximum Gasteiger partial charge on any atom is 0.241 e. The van der Waals surface area contributed by atoms with E-state index in [1.807, 2.05) is 27.7 Å². The summed E-state index contributed by atoms with van der Waals surface area (Å²) in [5.74, 6) is 0.0673. The number of rotatable bonds is 5. The van der Waals surface area contributed by atoms with Crippen molar-refractivity contribution in [1.82, 2.24) is 10.2 Å². The van der Waals surface area contributed by atoms with Crippen molar-refractivity contribution >= 4 is 5.91 Å². The average Bonchev–Trinajstić information content (AvgIpc) is 2.14. The number of carbonyl (C=O) groups is 1. The average molecular weight is 216 g/mol. The summed E-state index contributed by atoms with van der Waals surface area (Å²) in [5.41, 5.74) is -0.560. The van der Waals surface area contributed by atoms with Crippen LogP contribution in [0.1, 0.15) is 27.7 Å². The second kappa shape index (κ2) is 5.47. The van der Waals surface area contributed by atoms with Gasteiger partial charge in [-0.15, -0.1) is 0 Å². The van der Waals surface area contributed by atoms with Crippen molar-refractivity contribution in [3.8, 4) is 0 Å². The first kappa shape index (κ1) is 14.4. The second-order valence-electron chi connectivity index (χ2n) is 4.70. The number of hydrogen-bond donors (Lipinski definition) is 1. The predicted molar refractivity (Wildman–Crippen MR) is 61.8 cm³/mol. The number of ether oxygens (including phenoxy) is 1. The zero-order valence-corrected chi connectivity index (χ0v) is 10.9. The molecule has 0 aliphatic carbocycles. The smallest absolute Gasteiger partial charge is 0.241 e. The van der Waals surface area contributed by atoms with E-state index >= 15 is 0 Å². The minimum Gasteiger partial charge on any atom is -0.380 e. The molecule has 0 heterocycles. The number of nitrogens with one attached hydrogen (secondary N) is 1. The summed E-state index contributed by atoms with van der Waals surface area (Å²) in [6.45, 7) is 7.76. The maximum absolute atomic E-state index is 11.8. The van der Waals surface area contributed by atoms with E-state index in [1.165, 1.54) is 0 Å². The first-order valence-corrected chi connectivity index (χ1v) is 5.24. The van der Waals surface area contributed by atoms with Crippen LogP contribution in [0.25, 0.3) is 0 Å². The van der Waals surface area contributed by atoms with Crippen LogP contribution >= 0.6 is 0 Å². The summed E-state index contributed by atoms with van der Waals surface area (Å²) in [4.78, 5) is 13.4. The van der Waals surface area contributed by atoms with E-state index < -0.39 is 5.54 Å². The molecule has 0 spiro atoms. The van der Waals surface area contributed by atoms with E-state index in [0.29, 0.717) is 0 Å². The Morgan fingerprint density at radius 2 is 1.80 bits per heavy atom. The normalized spacial score (nSPS) is 15.9. The van der Waals surface area contributed by atoms with Crippen LogP contribution in [0, 0.1) is 0 Å². The van der Waals surface area contributed by atoms with Crippen LogP contribution in [0.2, 0.25) is 0 Å². The number of hydrogen-bond acceptors (Lipinski definition) is 3. The van der Waals surface area contributed by atoms with Crippen LogP contribution in [0.15, 0.2) is 0 Å². The Labute approximate surface area is 93.0 Å². The van der Waals surface area contributed by atoms with Gasteiger partial charge < -0.3 is 9.64 Å². The summed E-state index contributed by atoms with van der Waals surface area (Å²) >= 11 is 0. The largest absolute Gasteiger partial charge is 0.380 e. The van der Waals surface area contributed by atoms with E-state index in [4.69, 9.17) is 4.74 Å². The molecule has 4 heteroatoms. The fourth-order valence-corrected chi connectivity index (χ4v) is 1.51. The van der Waals surface area contributed by atoms with Crippen molar-refractivity contribution in [3.05, 3.63) is 0 Å². The Hall–Kier alpha value is -0.610. The van der Waals surface area contributed by atoms with Gasteiger partial charge in [0.05, 0.1) is 11.6 Å². The third-order valence-electron chi connectivity index (χ3n) is 2.61. The predicted octanol–water partition coefficient (Wildman–Crippen LogP) is 0.866. The monoisotopic (exact) mass is 216 g/mol. The van der Waals surface area contributed by atoms with Gasteiger partial charge in [0.1, 0.15) is 0 Å². The maximum atomic E-state index is 11.8. The molecule has 0 aromatic heterocycles.